The molecule has 0 amide bonds. The van der Waals surface area contributed by atoms with Crippen LogP contribution in [0.4, 0.5) is 0 Å². The Morgan fingerprint density at radius 1 is 1.40 bits per heavy atom. The molecule has 0 spiro atoms. The van der Waals surface area contributed by atoms with Crippen molar-refractivity contribution in [2.24, 2.45) is 5.92 Å². The lowest BCUT2D eigenvalue weighted by atomic mass is 9.86. The first-order chi connectivity index (χ1) is 6.95. The number of sulfone groups is 1. The molecule has 2 fully saturated rings. The van der Waals surface area contributed by atoms with Crippen LogP contribution in [0.25, 0.3) is 0 Å². The molecule has 2 aliphatic heterocycles. The molecule has 0 aromatic rings. The minimum Gasteiger partial charge on any atom is -0.379 e. The zero-order valence-electron chi connectivity index (χ0n) is 9.32. The van der Waals surface area contributed by atoms with Crippen molar-refractivity contribution in [3.63, 3.8) is 0 Å². The van der Waals surface area contributed by atoms with Gasteiger partial charge in [0.05, 0.1) is 23.7 Å². The maximum absolute atomic E-state index is 11.9. The van der Waals surface area contributed by atoms with Gasteiger partial charge in [0.2, 0.25) is 0 Å². The number of rotatable bonds is 1. The summed E-state index contributed by atoms with van der Waals surface area (Å²) in [5, 5.41) is 3.36. The Hall–Kier alpha value is -0.130. The highest BCUT2D eigenvalue weighted by atomic mass is 32.2. The average Bonchev–Trinajstić information content (AvgIpc) is 2.39. The van der Waals surface area contributed by atoms with Gasteiger partial charge in [-0.1, -0.05) is 0 Å². The topological polar surface area (TPSA) is 55.4 Å². The van der Waals surface area contributed by atoms with E-state index >= 15 is 0 Å². The van der Waals surface area contributed by atoms with Crippen LogP contribution in [0.15, 0.2) is 0 Å². The molecule has 2 atom stereocenters. The first kappa shape index (κ1) is 11.4. The van der Waals surface area contributed by atoms with Gasteiger partial charge in [0.15, 0.2) is 9.84 Å². The Morgan fingerprint density at radius 2 is 2.13 bits per heavy atom. The molecule has 2 unspecified atom stereocenters. The zero-order chi connectivity index (χ0) is 11.1. The van der Waals surface area contributed by atoms with Gasteiger partial charge in [0, 0.05) is 12.6 Å². The van der Waals surface area contributed by atoms with Crippen molar-refractivity contribution < 1.29 is 13.2 Å². The molecule has 2 rings (SSSR count). The molecule has 0 radical (unpaired) electrons. The molecule has 2 heterocycles. The molecular formula is C10H19NO3S. The van der Waals surface area contributed by atoms with Crippen LogP contribution in [0.5, 0.6) is 0 Å². The summed E-state index contributed by atoms with van der Waals surface area (Å²) in [6, 6.07) is 0.200. The standard InChI is InChI=1S/C10H19NO3S/c1-10(2)8(3-6-15(10,12)13)9-7-14-5-4-11-9/h8-9,11H,3-7H2,1-2H3. The molecular weight excluding hydrogens is 214 g/mol. The van der Waals surface area contributed by atoms with Crippen LogP contribution in [-0.2, 0) is 14.6 Å². The van der Waals surface area contributed by atoms with E-state index < -0.39 is 14.6 Å². The lowest BCUT2D eigenvalue weighted by Crippen LogP contribution is -2.51. The highest BCUT2D eigenvalue weighted by Gasteiger charge is 2.50. The summed E-state index contributed by atoms with van der Waals surface area (Å²) in [6.45, 7) is 5.89. The highest BCUT2D eigenvalue weighted by molar-refractivity contribution is 7.93. The fourth-order valence-electron chi connectivity index (χ4n) is 2.65. The summed E-state index contributed by atoms with van der Waals surface area (Å²) < 4.78 is 28.5. The molecule has 88 valence electrons. The van der Waals surface area contributed by atoms with Gasteiger partial charge in [-0.25, -0.2) is 8.42 Å². The Morgan fingerprint density at radius 3 is 2.60 bits per heavy atom. The van der Waals surface area contributed by atoms with Crippen LogP contribution in [0.2, 0.25) is 0 Å². The summed E-state index contributed by atoms with van der Waals surface area (Å²) >= 11 is 0. The Labute approximate surface area is 91.3 Å². The SMILES string of the molecule is CC1(C)C(C2COCCN2)CCS1(=O)=O. The second kappa shape index (κ2) is 3.71. The highest BCUT2D eigenvalue weighted by Crippen LogP contribution is 2.39. The lowest BCUT2D eigenvalue weighted by Gasteiger charge is -2.35. The Bertz CT molecular complexity index is 331. The number of morpholine rings is 1. The van der Waals surface area contributed by atoms with Crippen molar-refractivity contribution in [3.8, 4) is 0 Å². The molecule has 1 N–H and O–H groups in total. The van der Waals surface area contributed by atoms with Crippen LogP contribution >= 0.6 is 0 Å². The predicted molar refractivity (Wildman–Crippen MR) is 58.6 cm³/mol. The van der Waals surface area contributed by atoms with E-state index in [1.807, 2.05) is 13.8 Å². The monoisotopic (exact) mass is 233 g/mol. The van der Waals surface area contributed by atoms with Gasteiger partial charge < -0.3 is 10.1 Å². The second-order valence-corrected chi connectivity index (χ2v) is 7.64. The summed E-state index contributed by atoms with van der Waals surface area (Å²) in [6.07, 6.45) is 0.760. The summed E-state index contributed by atoms with van der Waals surface area (Å²) in [7, 11) is -2.92. The molecule has 0 aliphatic carbocycles. The van der Waals surface area contributed by atoms with Gasteiger partial charge in [0.1, 0.15) is 0 Å². The third kappa shape index (κ3) is 1.81. The van der Waals surface area contributed by atoms with Gasteiger partial charge in [-0.3, -0.25) is 0 Å². The van der Waals surface area contributed by atoms with Crippen molar-refractivity contribution >= 4 is 9.84 Å². The quantitative estimate of drug-likeness (QED) is 0.702. The summed E-state index contributed by atoms with van der Waals surface area (Å²) in [5.74, 6) is 0.505. The molecule has 5 heteroatoms. The molecule has 0 aromatic carbocycles. The zero-order valence-corrected chi connectivity index (χ0v) is 10.1. The minimum atomic E-state index is -2.92. The fourth-order valence-corrected chi connectivity index (χ4v) is 4.49. The second-order valence-electron chi connectivity index (χ2n) is 4.95. The maximum atomic E-state index is 11.9. The molecule has 4 nitrogen and oxygen atoms in total. The smallest absolute Gasteiger partial charge is 0.155 e. The normalized spacial score (nSPS) is 39.1. The molecule has 0 bridgehead atoms. The van der Waals surface area contributed by atoms with E-state index in [1.54, 1.807) is 0 Å². The first-order valence-corrected chi connectivity index (χ1v) is 7.14. The summed E-state index contributed by atoms with van der Waals surface area (Å²) in [5.41, 5.74) is 0. The van der Waals surface area contributed by atoms with Gasteiger partial charge in [-0.05, 0) is 26.2 Å². The average molecular weight is 233 g/mol. The largest absolute Gasteiger partial charge is 0.379 e. The van der Waals surface area contributed by atoms with Gasteiger partial charge in [-0.2, -0.15) is 0 Å². The van der Waals surface area contributed by atoms with Crippen LogP contribution in [0.1, 0.15) is 20.3 Å². The number of ether oxygens (including phenoxy) is 1. The Kier molecular flexibility index (Phi) is 2.81. The third-order valence-electron chi connectivity index (χ3n) is 3.83. The van der Waals surface area contributed by atoms with Crippen molar-refractivity contribution in [2.45, 2.75) is 31.1 Å². The fraction of sp³-hybridized carbons (Fsp3) is 1.00. The molecule has 0 saturated carbocycles. The minimum absolute atomic E-state index is 0.183. The van der Waals surface area contributed by atoms with Crippen LogP contribution in [-0.4, -0.2) is 44.7 Å². The molecule has 2 saturated heterocycles. The lowest BCUT2D eigenvalue weighted by molar-refractivity contribution is 0.0515. The number of hydrogen-bond donors (Lipinski definition) is 1. The summed E-state index contributed by atoms with van der Waals surface area (Å²) in [4.78, 5) is 0. The maximum Gasteiger partial charge on any atom is 0.155 e. The van der Waals surface area contributed by atoms with E-state index in [4.69, 9.17) is 4.74 Å². The van der Waals surface area contributed by atoms with E-state index in [1.165, 1.54) is 0 Å². The first-order valence-electron chi connectivity index (χ1n) is 5.48. The van der Waals surface area contributed by atoms with Crippen molar-refractivity contribution in [1.82, 2.24) is 5.32 Å². The van der Waals surface area contributed by atoms with Crippen molar-refractivity contribution in [2.75, 3.05) is 25.5 Å². The van der Waals surface area contributed by atoms with Gasteiger partial charge in [0.25, 0.3) is 0 Å². The van der Waals surface area contributed by atoms with Crippen LogP contribution in [0.3, 0.4) is 0 Å². The van der Waals surface area contributed by atoms with Crippen LogP contribution in [0, 0.1) is 5.92 Å². The van der Waals surface area contributed by atoms with E-state index in [0.29, 0.717) is 12.4 Å². The molecule has 2 aliphatic rings. The van der Waals surface area contributed by atoms with Crippen LogP contribution < -0.4 is 5.32 Å². The predicted octanol–water partition coefficient (Wildman–Crippen LogP) is 0.188. The Balaban J connectivity index is 2.17. The van der Waals surface area contributed by atoms with E-state index in [0.717, 1.165) is 19.6 Å². The van der Waals surface area contributed by atoms with E-state index in [-0.39, 0.29) is 12.0 Å². The molecule has 0 aromatic heterocycles. The van der Waals surface area contributed by atoms with Crippen molar-refractivity contribution in [3.05, 3.63) is 0 Å². The van der Waals surface area contributed by atoms with Gasteiger partial charge in [-0.15, -0.1) is 0 Å². The number of nitrogens with one attached hydrogen (secondary N) is 1. The van der Waals surface area contributed by atoms with Gasteiger partial charge >= 0.3 is 0 Å². The number of hydrogen-bond acceptors (Lipinski definition) is 4. The third-order valence-corrected chi connectivity index (χ3v) is 6.51. The molecule has 15 heavy (non-hydrogen) atoms. The van der Waals surface area contributed by atoms with Crippen molar-refractivity contribution in [1.29, 1.82) is 0 Å². The van der Waals surface area contributed by atoms with E-state index in [9.17, 15) is 8.42 Å². The van der Waals surface area contributed by atoms with E-state index in [2.05, 4.69) is 5.32 Å².